The van der Waals surface area contributed by atoms with Gasteiger partial charge in [0, 0.05) is 23.8 Å². The minimum Gasteiger partial charge on any atom is -0.494 e. The molecule has 6 heteroatoms. The molecular weight excluding hydrogens is 398 g/mol. The predicted molar refractivity (Wildman–Crippen MR) is 118 cm³/mol. The maximum Gasteiger partial charge on any atom is 0.310 e. The molecule has 0 aliphatic heterocycles. The summed E-state index contributed by atoms with van der Waals surface area (Å²) in [6, 6.07) is 17.1. The van der Waals surface area contributed by atoms with Crippen LogP contribution in [0.1, 0.15) is 31.5 Å². The van der Waals surface area contributed by atoms with Crippen LogP contribution in [0.4, 0.5) is 0 Å². The zero-order chi connectivity index (χ0) is 21.6. The topological polar surface area (TPSA) is 76.5 Å². The number of carbonyl (C=O) groups excluding carboxylic acids is 1. The normalized spacial score (nSPS) is 12.9. The van der Waals surface area contributed by atoms with Crippen LogP contribution >= 0.6 is 11.3 Å². The summed E-state index contributed by atoms with van der Waals surface area (Å²) in [4.78, 5) is 29.1. The second-order valence-electron chi connectivity index (χ2n) is 7.52. The van der Waals surface area contributed by atoms with Gasteiger partial charge in [0.2, 0.25) is 0 Å². The minimum atomic E-state index is -1.15. The number of carboxylic acids is 1. The minimum absolute atomic E-state index is 0.0346. The Labute approximate surface area is 180 Å². The molecule has 1 aromatic heterocycles. The van der Waals surface area contributed by atoms with Crippen molar-refractivity contribution in [2.75, 3.05) is 6.61 Å². The summed E-state index contributed by atoms with van der Waals surface area (Å²) in [6.07, 6.45) is 0.405. The van der Waals surface area contributed by atoms with E-state index in [-0.39, 0.29) is 18.6 Å². The number of Topliss-reactive ketones (excluding diaryl/α,β-unsaturated/α-hetero) is 1. The highest BCUT2D eigenvalue weighted by molar-refractivity contribution is 7.13. The maximum atomic E-state index is 12.7. The van der Waals surface area contributed by atoms with E-state index in [0.29, 0.717) is 18.7 Å². The van der Waals surface area contributed by atoms with Crippen molar-refractivity contribution < 1.29 is 19.4 Å². The molecule has 0 saturated heterocycles. The quantitative estimate of drug-likeness (QED) is 0.494. The molecule has 0 aliphatic rings. The van der Waals surface area contributed by atoms with Crippen molar-refractivity contribution in [2.24, 2.45) is 5.41 Å². The number of nitrogens with zero attached hydrogens (tertiary/aromatic N) is 1. The van der Waals surface area contributed by atoms with Crippen LogP contribution in [0.5, 0.6) is 5.75 Å². The van der Waals surface area contributed by atoms with Gasteiger partial charge in [0.1, 0.15) is 16.5 Å². The van der Waals surface area contributed by atoms with E-state index in [1.807, 2.05) is 66.9 Å². The molecule has 0 spiro atoms. The van der Waals surface area contributed by atoms with Gasteiger partial charge in [-0.3, -0.25) is 9.59 Å². The number of carboxylic acid groups (broad SMARTS) is 1. The number of carbonyl (C=O) groups is 2. The Morgan fingerprint density at radius 3 is 2.43 bits per heavy atom. The summed E-state index contributed by atoms with van der Waals surface area (Å²) in [5.41, 5.74) is 1.39. The first kappa shape index (κ1) is 21.7. The zero-order valence-electron chi connectivity index (χ0n) is 17.1. The van der Waals surface area contributed by atoms with Crippen LogP contribution in [-0.4, -0.2) is 28.4 Å². The number of aromatic nitrogens is 1. The van der Waals surface area contributed by atoms with Gasteiger partial charge >= 0.3 is 5.97 Å². The first-order chi connectivity index (χ1) is 14.4. The Morgan fingerprint density at radius 1 is 1.10 bits per heavy atom. The molecule has 0 saturated carbocycles. The number of aliphatic carboxylic acids is 1. The van der Waals surface area contributed by atoms with Crippen LogP contribution in [0.3, 0.4) is 0 Å². The maximum absolute atomic E-state index is 12.7. The van der Waals surface area contributed by atoms with Gasteiger partial charge in [-0.1, -0.05) is 30.3 Å². The van der Waals surface area contributed by atoms with Crippen LogP contribution in [0, 0.1) is 5.41 Å². The number of thiazole rings is 1. The number of rotatable bonds is 10. The number of ether oxygens (including phenoxy) is 1. The molecule has 156 valence electrons. The molecule has 3 aromatic rings. The molecule has 0 radical (unpaired) electrons. The second-order valence-corrected chi connectivity index (χ2v) is 8.38. The first-order valence-electron chi connectivity index (χ1n) is 9.86. The van der Waals surface area contributed by atoms with Gasteiger partial charge in [0.05, 0.1) is 17.7 Å². The average Bonchev–Trinajstić information content (AvgIpc) is 3.17. The van der Waals surface area contributed by atoms with E-state index in [9.17, 15) is 14.7 Å². The van der Waals surface area contributed by atoms with Crippen molar-refractivity contribution in [2.45, 2.75) is 33.1 Å². The van der Waals surface area contributed by atoms with Crippen LogP contribution in [0.2, 0.25) is 0 Å². The third kappa shape index (κ3) is 5.54. The fraction of sp³-hybridized carbons (Fsp3) is 0.292. The highest BCUT2D eigenvalue weighted by atomic mass is 32.1. The summed E-state index contributed by atoms with van der Waals surface area (Å²) in [6.45, 7) is 4.18. The Hall–Kier alpha value is -2.99. The first-order valence-corrected chi connectivity index (χ1v) is 10.7. The van der Waals surface area contributed by atoms with Crippen molar-refractivity contribution in [3.8, 4) is 16.3 Å². The van der Waals surface area contributed by atoms with E-state index in [0.717, 1.165) is 21.9 Å². The molecular formula is C24H25NO4S. The summed E-state index contributed by atoms with van der Waals surface area (Å²) < 4.78 is 5.45. The molecule has 0 aliphatic carbocycles. The summed E-state index contributed by atoms with van der Waals surface area (Å²) in [5.74, 6) is -0.285. The largest absolute Gasteiger partial charge is 0.494 e. The highest BCUT2D eigenvalue weighted by Crippen LogP contribution is 2.30. The van der Waals surface area contributed by atoms with Crippen LogP contribution in [0.15, 0.2) is 60.0 Å². The van der Waals surface area contributed by atoms with Crippen molar-refractivity contribution in [3.05, 3.63) is 71.2 Å². The lowest BCUT2D eigenvalue weighted by molar-refractivity contribution is -0.150. The zero-order valence-corrected chi connectivity index (χ0v) is 17.9. The summed E-state index contributed by atoms with van der Waals surface area (Å²) >= 11 is 1.47. The Morgan fingerprint density at radius 2 is 1.80 bits per heavy atom. The van der Waals surface area contributed by atoms with Gasteiger partial charge in [0.25, 0.3) is 0 Å². The van der Waals surface area contributed by atoms with E-state index in [2.05, 4.69) is 4.98 Å². The Bertz CT molecular complexity index is 998. The van der Waals surface area contributed by atoms with E-state index in [1.54, 1.807) is 6.92 Å². The molecule has 0 fully saturated rings. The fourth-order valence-electron chi connectivity index (χ4n) is 3.34. The number of ketones is 1. The smallest absolute Gasteiger partial charge is 0.310 e. The Balaban J connectivity index is 1.66. The van der Waals surface area contributed by atoms with Crippen molar-refractivity contribution in [3.63, 3.8) is 0 Å². The molecule has 1 N–H and O–H groups in total. The van der Waals surface area contributed by atoms with Crippen LogP contribution < -0.4 is 4.74 Å². The molecule has 2 aromatic carbocycles. The van der Waals surface area contributed by atoms with Crippen molar-refractivity contribution >= 4 is 23.1 Å². The van der Waals surface area contributed by atoms with E-state index < -0.39 is 11.4 Å². The molecule has 0 bridgehead atoms. The highest BCUT2D eigenvalue weighted by Gasteiger charge is 2.35. The second kappa shape index (κ2) is 9.67. The van der Waals surface area contributed by atoms with Gasteiger partial charge < -0.3 is 9.84 Å². The van der Waals surface area contributed by atoms with Gasteiger partial charge in [-0.2, -0.15) is 0 Å². The van der Waals surface area contributed by atoms with Gasteiger partial charge in [-0.25, -0.2) is 4.98 Å². The van der Waals surface area contributed by atoms with Crippen molar-refractivity contribution in [1.82, 2.24) is 4.98 Å². The molecule has 1 atom stereocenters. The molecule has 1 unspecified atom stereocenters. The molecule has 30 heavy (non-hydrogen) atoms. The van der Waals surface area contributed by atoms with E-state index >= 15 is 0 Å². The van der Waals surface area contributed by atoms with Crippen LogP contribution in [-0.2, 0) is 22.4 Å². The molecule has 3 rings (SSSR count). The van der Waals surface area contributed by atoms with Gasteiger partial charge in [-0.05, 0) is 50.1 Å². The lowest BCUT2D eigenvalue weighted by atomic mass is 9.79. The average molecular weight is 424 g/mol. The van der Waals surface area contributed by atoms with E-state index in [4.69, 9.17) is 4.74 Å². The van der Waals surface area contributed by atoms with Crippen LogP contribution in [0.25, 0.3) is 10.6 Å². The third-order valence-electron chi connectivity index (χ3n) is 4.88. The molecule has 0 amide bonds. The molecule has 1 heterocycles. The van der Waals surface area contributed by atoms with E-state index in [1.165, 1.54) is 11.3 Å². The third-order valence-corrected chi connectivity index (χ3v) is 5.82. The summed E-state index contributed by atoms with van der Waals surface area (Å²) in [5, 5.41) is 12.4. The fourth-order valence-corrected chi connectivity index (χ4v) is 4.17. The number of benzene rings is 2. The lowest BCUT2D eigenvalue weighted by Crippen LogP contribution is -2.33. The Kier molecular flexibility index (Phi) is 7.00. The van der Waals surface area contributed by atoms with Crippen molar-refractivity contribution in [1.29, 1.82) is 0 Å². The number of hydrogen-bond donors (Lipinski definition) is 1. The molecule has 5 nitrogen and oxygen atoms in total. The van der Waals surface area contributed by atoms with Gasteiger partial charge in [0.15, 0.2) is 0 Å². The summed E-state index contributed by atoms with van der Waals surface area (Å²) in [7, 11) is 0. The standard InChI is InChI=1S/C24H25NO4S/c1-3-29-21-11-9-18(10-12-21)22-25-19(16-30-22)13-20(26)15-24(2,23(27)28)14-17-7-5-4-6-8-17/h4-12,16H,3,13-15H2,1-2H3,(H,27,28). The lowest BCUT2D eigenvalue weighted by Gasteiger charge is -2.24. The van der Waals surface area contributed by atoms with Gasteiger partial charge in [-0.15, -0.1) is 11.3 Å². The number of hydrogen-bond acceptors (Lipinski definition) is 5. The predicted octanol–water partition coefficient (Wildman–Crippen LogP) is 5.04. The monoisotopic (exact) mass is 423 g/mol. The SMILES string of the molecule is CCOc1ccc(-c2nc(CC(=O)CC(C)(Cc3ccccc3)C(=O)O)cs2)cc1.